The molecule has 0 aliphatic heterocycles. The van der Waals surface area contributed by atoms with Gasteiger partial charge >= 0.3 is 0 Å². The van der Waals surface area contributed by atoms with Crippen LogP contribution in [0.5, 0.6) is 5.75 Å². The summed E-state index contributed by atoms with van der Waals surface area (Å²) in [5.74, 6) is 1.23. The van der Waals surface area contributed by atoms with E-state index < -0.39 is 0 Å². The van der Waals surface area contributed by atoms with Crippen LogP contribution in [0.1, 0.15) is 11.4 Å². The minimum absolute atomic E-state index is 0.145. The van der Waals surface area contributed by atoms with Crippen molar-refractivity contribution in [2.24, 2.45) is 0 Å². The molecule has 174 valence electrons. The summed E-state index contributed by atoms with van der Waals surface area (Å²) in [6, 6.07) is 23.0. The van der Waals surface area contributed by atoms with Crippen LogP contribution in [0.2, 0.25) is 5.02 Å². The first-order valence-electron chi connectivity index (χ1n) is 10.6. The van der Waals surface area contributed by atoms with Gasteiger partial charge in [0.05, 0.1) is 25.1 Å². The highest BCUT2D eigenvalue weighted by molar-refractivity contribution is 7.99. The number of amides is 1. The standard InChI is InChI=1S/C25H24ClN5O2S/c1-17-8-6-7-11-20(17)27-15-23-29-30-25(31(23)19-9-4-3-5-10-19)34-16-24(32)28-21-14-18(26)12-13-22(21)33-2/h3-14,27H,15-16H2,1-2H3,(H,28,32). The van der Waals surface area contributed by atoms with Gasteiger partial charge in [0.2, 0.25) is 5.91 Å². The fourth-order valence-corrected chi connectivity index (χ4v) is 4.33. The van der Waals surface area contributed by atoms with Crippen LogP contribution in [0.4, 0.5) is 11.4 Å². The van der Waals surface area contributed by atoms with E-state index in [1.807, 2.05) is 53.1 Å². The lowest BCUT2D eigenvalue weighted by Crippen LogP contribution is -2.15. The second-order valence-electron chi connectivity index (χ2n) is 7.42. The van der Waals surface area contributed by atoms with Gasteiger partial charge in [0.15, 0.2) is 11.0 Å². The van der Waals surface area contributed by atoms with Crippen molar-refractivity contribution in [3.8, 4) is 11.4 Å². The molecule has 1 aromatic heterocycles. The highest BCUT2D eigenvalue weighted by Crippen LogP contribution is 2.28. The Balaban J connectivity index is 1.51. The molecule has 7 nitrogen and oxygen atoms in total. The molecule has 4 rings (SSSR count). The van der Waals surface area contributed by atoms with Gasteiger partial charge in [-0.3, -0.25) is 9.36 Å². The first kappa shape index (κ1) is 23.7. The number of nitrogens with zero attached hydrogens (tertiary/aromatic N) is 3. The number of hydrogen-bond donors (Lipinski definition) is 2. The minimum Gasteiger partial charge on any atom is -0.495 e. The topological polar surface area (TPSA) is 81.1 Å². The maximum absolute atomic E-state index is 12.7. The number of hydrogen-bond acceptors (Lipinski definition) is 6. The molecule has 1 heterocycles. The smallest absolute Gasteiger partial charge is 0.234 e. The van der Waals surface area contributed by atoms with Crippen LogP contribution in [0.15, 0.2) is 78.0 Å². The molecule has 0 aliphatic carbocycles. The van der Waals surface area contributed by atoms with Crippen molar-refractivity contribution in [2.45, 2.75) is 18.6 Å². The van der Waals surface area contributed by atoms with Gasteiger partial charge in [0.1, 0.15) is 5.75 Å². The monoisotopic (exact) mass is 493 g/mol. The van der Waals surface area contributed by atoms with Crippen molar-refractivity contribution < 1.29 is 9.53 Å². The number of carbonyl (C=O) groups is 1. The Kier molecular flexibility index (Phi) is 7.72. The average molecular weight is 494 g/mol. The summed E-state index contributed by atoms with van der Waals surface area (Å²) in [5, 5.41) is 16.2. The molecular weight excluding hydrogens is 470 g/mol. The lowest BCUT2D eigenvalue weighted by atomic mass is 10.2. The van der Waals surface area contributed by atoms with E-state index >= 15 is 0 Å². The van der Waals surface area contributed by atoms with E-state index in [0.717, 1.165) is 22.8 Å². The molecule has 0 spiro atoms. The zero-order valence-corrected chi connectivity index (χ0v) is 20.4. The highest BCUT2D eigenvalue weighted by Gasteiger charge is 2.17. The maximum Gasteiger partial charge on any atom is 0.234 e. The van der Waals surface area contributed by atoms with E-state index in [0.29, 0.717) is 28.2 Å². The van der Waals surface area contributed by atoms with Crippen LogP contribution in [-0.2, 0) is 11.3 Å². The third kappa shape index (κ3) is 5.70. The number of carbonyl (C=O) groups excluding carboxylic acids is 1. The number of aryl methyl sites for hydroxylation is 1. The van der Waals surface area contributed by atoms with Crippen molar-refractivity contribution >= 4 is 40.6 Å². The predicted molar refractivity (Wildman–Crippen MR) is 137 cm³/mol. The number of para-hydroxylation sites is 2. The van der Waals surface area contributed by atoms with Crippen LogP contribution < -0.4 is 15.4 Å². The van der Waals surface area contributed by atoms with Gasteiger partial charge in [0, 0.05) is 16.4 Å². The lowest BCUT2D eigenvalue weighted by Gasteiger charge is -2.13. The number of thioether (sulfide) groups is 1. The largest absolute Gasteiger partial charge is 0.495 e. The summed E-state index contributed by atoms with van der Waals surface area (Å²) in [5.41, 5.74) is 3.63. The number of rotatable bonds is 9. The van der Waals surface area contributed by atoms with Gasteiger partial charge in [-0.05, 0) is 48.9 Å². The van der Waals surface area contributed by atoms with E-state index in [9.17, 15) is 4.79 Å². The fourth-order valence-electron chi connectivity index (χ4n) is 3.38. The Morgan fingerprint density at radius 3 is 2.56 bits per heavy atom. The van der Waals surface area contributed by atoms with Crippen molar-refractivity contribution in [1.29, 1.82) is 0 Å². The summed E-state index contributed by atoms with van der Waals surface area (Å²) < 4.78 is 7.26. The molecule has 0 atom stereocenters. The van der Waals surface area contributed by atoms with E-state index in [-0.39, 0.29) is 11.7 Å². The number of nitrogens with one attached hydrogen (secondary N) is 2. The molecular formula is C25H24ClN5O2S. The van der Waals surface area contributed by atoms with Crippen molar-refractivity contribution in [3.05, 3.63) is 89.2 Å². The minimum atomic E-state index is -0.201. The van der Waals surface area contributed by atoms with Crippen LogP contribution in [-0.4, -0.2) is 33.5 Å². The maximum atomic E-state index is 12.7. The quantitative estimate of drug-likeness (QED) is 0.296. The summed E-state index contributed by atoms with van der Waals surface area (Å²) in [6.07, 6.45) is 0. The van der Waals surface area contributed by atoms with Crippen LogP contribution in [0.3, 0.4) is 0 Å². The fraction of sp³-hybridized carbons (Fsp3) is 0.160. The molecule has 0 unspecified atom stereocenters. The molecule has 4 aromatic rings. The van der Waals surface area contributed by atoms with Crippen molar-refractivity contribution in [2.75, 3.05) is 23.5 Å². The molecule has 0 saturated heterocycles. The van der Waals surface area contributed by atoms with Gasteiger partial charge in [-0.15, -0.1) is 10.2 Å². The van der Waals surface area contributed by atoms with Crippen LogP contribution in [0, 0.1) is 6.92 Å². The Morgan fingerprint density at radius 2 is 1.79 bits per heavy atom. The molecule has 0 saturated carbocycles. The number of benzene rings is 3. The van der Waals surface area contributed by atoms with Crippen molar-refractivity contribution in [1.82, 2.24) is 14.8 Å². The zero-order chi connectivity index (χ0) is 23.9. The van der Waals surface area contributed by atoms with Gasteiger partial charge in [0.25, 0.3) is 0 Å². The van der Waals surface area contributed by atoms with E-state index in [2.05, 4.69) is 33.8 Å². The molecule has 3 aromatic carbocycles. The third-order valence-electron chi connectivity index (χ3n) is 5.06. The average Bonchev–Trinajstić information content (AvgIpc) is 3.26. The lowest BCUT2D eigenvalue weighted by molar-refractivity contribution is -0.113. The molecule has 34 heavy (non-hydrogen) atoms. The molecule has 0 radical (unpaired) electrons. The predicted octanol–water partition coefficient (Wildman–Crippen LogP) is 5.58. The van der Waals surface area contributed by atoms with E-state index in [1.165, 1.54) is 11.8 Å². The first-order valence-corrected chi connectivity index (χ1v) is 12.0. The summed E-state index contributed by atoms with van der Waals surface area (Å²) in [6.45, 7) is 2.54. The zero-order valence-electron chi connectivity index (χ0n) is 18.8. The summed E-state index contributed by atoms with van der Waals surface area (Å²) in [7, 11) is 1.54. The van der Waals surface area contributed by atoms with Gasteiger partial charge in [-0.25, -0.2) is 0 Å². The van der Waals surface area contributed by atoms with E-state index in [1.54, 1.807) is 25.3 Å². The SMILES string of the molecule is COc1ccc(Cl)cc1NC(=O)CSc1nnc(CNc2ccccc2C)n1-c1ccccc1. The van der Waals surface area contributed by atoms with Gasteiger partial charge in [-0.1, -0.05) is 59.8 Å². The third-order valence-corrected chi connectivity index (χ3v) is 6.23. The molecule has 2 N–H and O–H groups in total. The second-order valence-corrected chi connectivity index (χ2v) is 8.80. The van der Waals surface area contributed by atoms with Crippen LogP contribution in [0.25, 0.3) is 5.69 Å². The number of anilines is 2. The van der Waals surface area contributed by atoms with Crippen LogP contribution >= 0.6 is 23.4 Å². The highest BCUT2D eigenvalue weighted by atomic mass is 35.5. The number of aromatic nitrogens is 3. The normalized spacial score (nSPS) is 10.7. The van der Waals surface area contributed by atoms with Crippen molar-refractivity contribution in [3.63, 3.8) is 0 Å². The Labute approximate surface area is 207 Å². The number of ether oxygens (including phenoxy) is 1. The second kappa shape index (κ2) is 11.1. The Hall–Kier alpha value is -3.49. The molecule has 9 heteroatoms. The first-order chi connectivity index (χ1) is 16.5. The summed E-state index contributed by atoms with van der Waals surface area (Å²) in [4.78, 5) is 12.7. The Bertz CT molecular complexity index is 1280. The number of halogens is 1. The molecule has 0 fully saturated rings. The van der Waals surface area contributed by atoms with E-state index in [4.69, 9.17) is 16.3 Å². The Morgan fingerprint density at radius 1 is 1.03 bits per heavy atom. The molecule has 1 amide bonds. The number of methoxy groups -OCH3 is 1. The van der Waals surface area contributed by atoms with Gasteiger partial charge < -0.3 is 15.4 Å². The van der Waals surface area contributed by atoms with Gasteiger partial charge in [-0.2, -0.15) is 0 Å². The molecule has 0 bridgehead atoms. The molecule has 0 aliphatic rings. The summed E-state index contributed by atoms with van der Waals surface area (Å²) >= 11 is 7.37.